The van der Waals surface area contributed by atoms with Crippen molar-refractivity contribution in [2.75, 3.05) is 0 Å². The summed E-state index contributed by atoms with van der Waals surface area (Å²) in [4.78, 5) is 22.5. The smallest absolute Gasteiger partial charge is 0.408 e. The van der Waals surface area contributed by atoms with Gasteiger partial charge in [0, 0.05) is 7.05 Å². The second kappa shape index (κ2) is 5.68. The lowest BCUT2D eigenvalue weighted by Gasteiger charge is -2.22. The molecule has 1 amide bonds. The van der Waals surface area contributed by atoms with E-state index >= 15 is 0 Å². The second-order valence-corrected chi connectivity index (χ2v) is 5.08. The van der Waals surface area contributed by atoms with Gasteiger partial charge in [-0.15, -0.1) is 5.10 Å². The third-order valence-corrected chi connectivity index (χ3v) is 2.18. The molecule has 0 unspecified atom stereocenters. The largest absolute Gasteiger partial charge is 0.481 e. The molecule has 0 aromatic carbocycles. The molecule has 0 saturated heterocycles. The Morgan fingerprint density at radius 2 is 2.16 bits per heavy atom. The number of alkyl carbamates (subject to hydrolysis) is 1. The Kier molecular flexibility index (Phi) is 4.47. The van der Waals surface area contributed by atoms with E-state index < -0.39 is 23.7 Å². The molecule has 0 radical (unpaired) electrons. The molecule has 1 aromatic rings. The zero-order valence-corrected chi connectivity index (χ0v) is 11.4. The molecule has 0 saturated carbocycles. The third-order valence-electron chi connectivity index (χ3n) is 2.18. The van der Waals surface area contributed by atoms with Crippen LogP contribution in [-0.2, 0) is 16.6 Å². The van der Waals surface area contributed by atoms with E-state index in [1.165, 1.54) is 10.9 Å². The summed E-state index contributed by atoms with van der Waals surface area (Å²) in [6, 6.07) is -0.743. The van der Waals surface area contributed by atoms with Gasteiger partial charge < -0.3 is 15.2 Å². The Bertz CT molecular complexity index is 464. The standard InChI is InChI=1S/C11H18N4O4/c1-11(2,3)19-10(18)13-7(5-9(16)17)8-6-12-14-15(8)4/h6-7H,5H2,1-4H3,(H,13,18)(H,16,17)/t7-/m0/s1. The fourth-order valence-electron chi connectivity index (χ4n) is 1.47. The molecule has 106 valence electrons. The van der Waals surface area contributed by atoms with Crippen LogP contribution < -0.4 is 5.32 Å². The minimum atomic E-state index is -1.04. The fourth-order valence-corrected chi connectivity index (χ4v) is 1.47. The lowest BCUT2D eigenvalue weighted by Crippen LogP contribution is -2.36. The lowest BCUT2D eigenvalue weighted by atomic mass is 10.1. The molecule has 8 nitrogen and oxygen atoms in total. The molecule has 8 heteroatoms. The third kappa shape index (κ3) is 4.94. The molecular weight excluding hydrogens is 252 g/mol. The van der Waals surface area contributed by atoms with Crippen molar-refractivity contribution in [2.24, 2.45) is 7.05 Å². The van der Waals surface area contributed by atoms with Gasteiger partial charge in [0.15, 0.2) is 0 Å². The van der Waals surface area contributed by atoms with Crippen molar-refractivity contribution in [2.45, 2.75) is 38.8 Å². The number of amides is 1. The second-order valence-electron chi connectivity index (χ2n) is 5.08. The molecule has 1 aromatic heterocycles. The van der Waals surface area contributed by atoms with Crippen LogP contribution in [0.15, 0.2) is 6.20 Å². The van der Waals surface area contributed by atoms with E-state index in [2.05, 4.69) is 15.6 Å². The molecule has 0 bridgehead atoms. The number of carboxylic acids is 1. The van der Waals surface area contributed by atoms with E-state index in [0.29, 0.717) is 5.69 Å². The van der Waals surface area contributed by atoms with Crippen molar-refractivity contribution in [1.82, 2.24) is 20.3 Å². The van der Waals surface area contributed by atoms with Gasteiger partial charge in [0.2, 0.25) is 0 Å². The number of aromatic nitrogens is 3. The van der Waals surface area contributed by atoms with E-state index in [4.69, 9.17) is 9.84 Å². The van der Waals surface area contributed by atoms with Gasteiger partial charge in [-0.2, -0.15) is 0 Å². The minimum absolute atomic E-state index is 0.277. The van der Waals surface area contributed by atoms with Crippen LogP contribution in [-0.4, -0.2) is 37.8 Å². The number of nitrogens with one attached hydrogen (secondary N) is 1. The molecule has 0 aliphatic carbocycles. The lowest BCUT2D eigenvalue weighted by molar-refractivity contribution is -0.137. The molecule has 1 rings (SSSR count). The van der Waals surface area contributed by atoms with Crippen molar-refractivity contribution in [3.63, 3.8) is 0 Å². The number of rotatable bonds is 4. The van der Waals surface area contributed by atoms with Crippen molar-refractivity contribution < 1.29 is 19.4 Å². The molecule has 0 aliphatic rings. The van der Waals surface area contributed by atoms with Gasteiger partial charge in [-0.1, -0.05) is 5.21 Å². The molecule has 1 atom stereocenters. The maximum atomic E-state index is 11.7. The van der Waals surface area contributed by atoms with Crippen molar-refractivity contribution in [3.8, 4) is 0 Å². The Morgan fingerprint density at radius 1 is 1.53 bits per heavy atom. The summed E-state index contributed by atoms with van der Waals surface area (Å²) in [6.07, 6.45) is 0.450. The first-order valence-electron chi connectivity index (χ1n) is 5.75. The highest BCUT2D eigenvalue weighted by Gasteiger charge is 2.24. The van der Waals surface area contributed by atoms with Crippen molar-refractivity contribution in [3.05, 3.63) is 11.9 Å². The Labute approximate surface area is 110 Å². The predicted octanol–water partition coefficient (Wildman–Crippen LogP) is 0.856. The zero-order valence-electron chi connectivity index (χ0n) is 11.4. The Morgan fingerprint density at radius 3 is 2.58 bits per heavy atom. The van der Waals surface area contributed by atoms with Crippen LogP contribution in [0.5, 0.6) is 0 Å². The van der Waals surface area contributed by atoms with Crippen LogP contribution in [0.25, 0.3) is 0 Å². The number of hydrogen-bond acceptors (Lipinski definition) is 5. The Balaban J connectivity index is 2.79. The summed E-state index contributed by atoms with van der Waals surface area (Å²) in [5, 5.41) is 18.8. The maximum Gasteiger partial charge on any atom is 0.408 e. The molecule has 0 aliphatic heterocycles. The topological polar surface area (TPSA) is 106 Å². The SMILES string of the molecule is Cn1nncc1[C@H](CC(=O)O)NC(=O)OC(C)(C)C. The van der Waals surface area contributed by atoms with Gasteiger partial charge in [0.25, 0.3) is 0 Å². The average Bonchev–Trinajstić information content (AvgIpc) is 2.59. The first-order valence-corrected chi connectivity index (χ1v) is 5.75. The number of carbonyl (C=O) groups excluding carboxylic acids is 1. The molecule has 0 fully saturated rings. The van der Waals surface area contributed by atoms with E-state index in [1.807, 2.05) is 0 Å². The minimum Gasteiger partial charge on any atom is -0.481 e. The number of nitrogens with zero attached hydrogens (tertiary/aromatic N) is 3. The number of carbonyl (C=O) groups is 2. The predicted molar refractivity (Wildman–Crippen MR) is 65.4 cm³/mol. The number of aryl methyl sites for hydroxylation is 1. The van der Waals surface area contributed by atoms with Crippen LogP contribution in [0.3, 0.4) is 0 Å². The van der Waals surface area contributed by atoms with E-state index in [-0.39, 0.29) is 6.42 Å². The molecular formula is C11H18N4O4. The Hall–Kier alpha value is -2.12. The summed E-state index contributed by atoms with van der Waals surface area (Å²) < 4.78 is 6.50. The van der Waals surface area contributed by atoms with Gasteiger partial charge in [0.1, 0.15) is 5.60 Å². The van der Waals surface area contributed by atoms with Crippen molar-refractivity contribution in [1.29, 1.82) is 0 Å². The summed E-state index contributed by atoms with van der Waals surface area (Å²) in [5.74, 6) is -1.04. The summed E-state index contributed by atoms with van der Waals surface area (Å²) in [5.41, 5.74) is -0.156. The highest BCUT2D eigenvalue weighted by atomic mass is 16.6. The fraction of sp³-hybridized carbons (Fsp3) is 0.636. The quantitative estimate of drug-likeness (QED) is 0.840. The van der Waals surface area contributed by atoms with Crippen molar-refractivity contribution >= 4 is 12.1 Å². The van der Waals surface area contributed by atoms with Crippen LogP contribution in [0.4, 0.5) is 4.79 Å². The first-order chi connectivity index (χ1) is 8.69. The normalized spacial score (nSPS) is 12.8. The molecule has 19 heavy (non-hydrogen) atoms. The molecule has 1 heterocycles. The van der Waals surface area contributed by atoms with Gasteiger partial charge >= 0.3 is 12.1 Å². The number of hydrogen-bond donors (Lipinski definition) is 2. The van der Waals surface area contributed by atoms with Crippen LogP contribution in [0.2, 0.25) is 0 Å². The number of carboxylic acid groups (broad SMARTS) is 1. The van der Waals surface area contributed by atoms with E-state index in [0.717, 1.165) is 0 Å². The van der Waals surface area contributed by atoms with Crippen LogP contribution in [0, 0.1) is 0 Å². The van der Waals surface area contributed by atoms with E-state index in [9.17, 15) is 9.59 Å². The number of aliphatic carboxylic acids is 1. The maximum absolute atomic E-state index is 11.7. The molecule has 2 N–H and O–H groups in total. The van der Waals surface area contributed by atoms with Gasteiger partial charge in [-0.3, -0.25) is 9.48 Å². The summed E-state index contributed by atoms with van der Waals surface area (Å²) in [6.45, 7) is 5.18. The average molecular weight is 270 g/mol. The van der Waals surface area contributed by atoms with Crippen LogP contribution >= 0.6 is 0 Å². The van der Waals surface area contributed by atoms with E-state index in [1.54, 1.807) is 27.8 Å². The van der Waals surface area contributed by atoms with Crippen LogP contribution in [0.1, 0.15) is 38.9 Å². The van der Waals surface area contributed by atoms with Gasteiger partial charge in [-0.25, -0.2) is 4.79 Å². The first kappa shape index (κ1) is 14.9. The van der Waals surface area contributed by atoms with Gasteiger partial charge in [-0.05, 0) is 20.8 Å². The monoisotopic (exact) mass is 270 g/mol. The van der Waals surface area contributed by atoms with Gasteiger partial charge in [0.05, 0.1) is 24.4 Å². The highest BCUT2D eigenvalue weighted by molar-refractivity contribution is 5.71. The highest BCUT2D eigenvalue weighted by Crippen LogP contribution is 2.16. The summed E-state index contributed by atoms with van der Waals surface area (Å²) >= 11 is 0. The number of ether oxygens (including phenoxy) is 1. The summed E-state index contributed by atoms with van der Waals surface area (Å²) in [7, 11) is 1.62. The molecule has 0 spiro atoms. The zero-order chi connectivity index (χ0) is 14.6.